The van der Waals surface area contributed by atoms with Crippen LogP contribution in [0.1, 0.15) is 22.2 Å². The average Bonchev–Trinajstić information content (AvgIpc) is 3.11. The van der Waals surface area contributed by atoms with E-state index in [1.165, 1.54) is 11.3 Å². The molecule has 0 atom stereocenters. The molecule has 2 aromatic rings. The lowest BCUT2D eigenvalue weighted by atomic mass is 10.3. The minimum absolute atomic E-state index is 0.0730. The molecule has 0 bridgehead atoms. The van der Waals surface area contributed by atoms with E-state index in [1.807, 2.05) is 37.3 Å². The summed E-state index contributed by atoms with van der Waals surface area (Å²) in [6, 6.07) is 9.17. The van der Waals surface area contributed by atoms with E-state index in [-0.39, 0.29) is 11.9 Å². The van der Waals surface area contributed by atoms with Crippen molar-refractivity contribution in [2.45, 2.75) is 13.8 Å². The van der Waals surface area contributed by atoms with Gasteiger partial charge in [-0.25, -0.2) is 4.79 Å². The Morgan fingerprint density at radius 3 is 2.48 bits per heavy atom. The fourth-order valence-electron chi connectivity index (χ4n) is 3.32. The highest BCUT2D eigenvalue weighted by molar-refractivity contribution is 7.18. The summed E-state index contributed by atoms with van der Waals surface area (Å²) >= 11 is 7.13. The van der Waals surface area contributed by atoms with E-state index in [9.17, 15) is 9.59 Å². The molecular weight excluding hydrogens is 438 g/mol. The maximum absolute atomic E-state index is 12.4. The third kappa shape index (κ3) is 7.21. The summed E-state index contributed by atoms with van der Waals surface area (Å²) in [4.78, 5) is 29.4. The number of thiophene rings is 1. The minimum Gasteiger partial charge on any atom is -0.492 e. The molecule has 1 aromatic carbocycles. The Kier molecular flexibility index (Phi) is 8.71. The number of carbonyl (C=O) groups is 2. The van der Waals surface area contributed by atoms with Gasteiger partial charge in [0.15, 0.2) is 0 Å². The molecule has 9 heteroatoms. The third-order valence-electron chi connectivity index (χ3n) is 4.96. The monoisotopic (exact) mass is 465 g/mol. The van der Waals surface area contributed by atoms with Crippen LogP contribution in [0.5, 0.6) is 5.75 Å². The van der Waals surface area contributed by atoms with Gasteiger partial charge in [0.25, 0.3) is 0 Å². The largest absolute Gasteiger partial charge is 0.492 e. The fraction of sp³-hybridized carbons (Fsp3) is 0.455. The first-order valence-electron chi connectivity index (χ1n) is 10.3. The molecule has 1 saturated heterocycles. The molecule has 168 valence electrons. The highest BCUT2D eigenvalue weighted by Gasteiger charge is 2.20. The van der Waals surface area contributed by atoms with Crippen molar-refractivity contribution in [3.8, 4) is 5.75 Å². The summed E-state index contributed by atoms with van der Waals surface area (Å²) in [5.41, 5.74) is 0.813. The lowest BCUT2D eigenvalue weighted by Gasteiger charge is -2.34. The van der Waals surface area contributed by atoms with E-state index in [4.69, 9.17) is 21.1 Å². The van der Waals surface area contributed by atoms with Crippen LogP contribution in [0.3, 0.4) is 0 Å². The van der Waals surface area contributed by atoms with E-state index in [1.54, 1.807) is 6.92 Å². The van der Waals surface area contributed by atoms with Gasteiger partial charge in [0.2, 0.25) is 5.91 Å². The van der Waals surface area contributed by atoms with Crippen molar-refractivity contribution in [3.05, 3.63) is 45.8 Å². The number of benzene rings is 1. The first-order valence-corrected chi connectivity index (χ1v) is 11.5. The van der Waals surface area contributed by atoms with Crippen LogP contribution in [0.4, 0.5) is 5.00 Å². The summed E-state index contributed by atoms with van der Waals surface area (Å²) in [6.07, 6.45) is 0. The predicted octanol–water partition coefficient (Wildman–Crippen LogP) is 3.52. The van der Waals surface area contributed by atoms with Crippen molar-refractivity contribution < 1.29 is 19.1 Å². The third-order valence-corrected chi connectivity index (χ3v) is 6.35. The Morgan fingerprint density at radius 1 is 1.13 bits per heavy atom. The van der Waals surface area contributed by atoms with Crippen LogP contribution >= 0.6 is 22.9 Å². The van der Waals surface area contributed by atoms with Gasteiger partial charge in [-0.3, -0.25) is 14.6 Å². The van der Waals surface area contributed by atoms with Crippen LogP contribution in [0.15, 0.2) is 30.3 Å². The molecular formula is C22H28ClN3O4S. The molecule has 0 aliphatic carbocycles. The van der Waals surface area contributed by atoms with Crippen molar-refractivity contribution in [1.29, 1.82) is 0 Å². The summed E-state index contributed by atoms with van der Waals surface area (Å²) in [7, 11) is 0. The van der Waals surface area contributed by atoms with Gasteiger partial charge < -0.3 is 14.8 Å². The molecule has 1 aliphatic rings. The molecule has 7 nitrogen and oxygen atoms in total. The number of hydrogen-bond donors (Lipinski definition) is 1. The Bertz CT molecular complexity index is 879. The zero-order chi connectivity index (χ0) is 22.2. The molecule has 3 rings (SSSR count). The lowest BCUT2D eigenvalue weighted by molar-refractivity contribution is -0.117. The number of anilines is 1. The number of piperazine rings is 1. The molecule has 1 aliphatic heterocycles. The molecule has 31 heavy (non-hydrogen) atoms. The highest BCUT2D eigenvalue weighted by Crippen LogP contribution is 2.27. The number of amides is 1. The predicted molar refractivity (Wildman–Crippen MR) is 123 cm³/mol. The number of rotatable bonds is 9. The molecule has 1 amide bonds. The molecule has 1 aromatic heterocycles. The van der Waals surface area contributed by atoms with Gasteiger partial charge >= 0.3 is 5.97 Å². The number of nitrogens with zero attached hydrogens (tertiary/aromatic N) is 2. The molecule has 0 spiro atoms. The van der Waals surface area contributed by atoms with Crippen LogP contribution in [-0.4, -0.2) is 74.2 Å². The van der Waals surface area contributed by atoms with E-state index in [0.717, 1.165) is 44.0 Å². The maximum Gasteiger partial charge on any atom is 0.348 e. The second kappa shape index (κ2) is 11.5. The standard InChI is InChI=1S/C22H28ClN3O4S/c1-3-29-22(28)21-16(2)14-20(31-21)24-19(27)15-26-10-8-25(9-11-26)12-13-30-18-6-4-17(23)5-7-18/h4-7,14H,3,8-13,15H2,1-2H3,(H,24,27). The SMILES string of the molecule is CCOC(=O)c1sc(NC(=O)CN2CCN(CCOc3ccc(Cl)cc3)CC2)cc1C. The second-order valence-electron chi connectivity index (χ2n) is 7.31. The fourth-order valence-corrected chi connectivity index (χ4v) is 4.43. The van der Waals surface area contributed by atoms with Crippen LogP contribution in [0.2, 0.25) is 5.02 Å². The Hall–Kier alpha value is -2.13. The number of nitrogens with one attached hydrogen (secondary N) is 1. The van der Waals surface area contributed by atoms with Crippen molar-refractivity contribution >= 4 is 39.8 Å². The summed E-state index contributed by atoms with van der Waals surface area (Å²) in [5.74, 6) is 0.396. The molecule has 1 N–H and O–H groups in total. The first-order chi connectivity index (χ1) is 14.9. The van der Waals surface area contributed by atoms with Gasteiger partial charge in [-0.2, -0.15) is 0 Å². The number of halogens is 1. The van der Waals surface area contributed by atoms with Crippen LogP contribution in [0.25, 0.3) is 0 Å². The van der Waals surface area contributed by atoms with Crippen molar-refractivity contribution in [2.24, 2.45) is 0 Å². The van der Waals surface area contributed by atoms with E-state index in [2.05, 4.69) is 15.1 Å². The van der Waals surface area contributed by atoms with Gasteiger partial charge in [0.1, 0.15) is 17.2 Å². The normalized spacial score (nSPS) is 14.9. The Morgan fingerprint density at radius 2 is 1.81 bits per heavy atom. The Balaban J connectivity index is 1.36. The van der Waals surface area contributed by atoms with Gasteiger partial charge in [-0.05, 0) is 49.7 Å². The molecule has 0 radical (unpaired) electrons. The first kappa shape index (κ1) is 23.5. The minimum atomic E-state index is -0.346. The van der Waals surface area contributed by atoms with Gasteiger partial charge in [-0.15, -0.1) is 11.3 Å². The smallest absolute Gasteiger partial charge is 0.348 e. The summed E-state index contributed by atoms with van der Waals surface area (Å²) < 4.78 is 10.8. The summed E-state index contributed by atoms with van der Waals surface area (Å²) in [6.45, 7) is 9.17. The van der Waals surface area contributed by atoms with E-state index < -0.39 is 0 Å². The lowest BCUT2D eigenvalue weighted by Crippen LogP contribution is -2.49. The number of hydrogen-bond acceptors (Lipinski definition) is 7. The highest BCUT2D eigenvalue weighted by atomic mass is 35.5. The number of esters is 1. The van der Waals surface area contributed by atoms with Gasteiger partial charge in [-0.1, -0.05) is 11.6 Å². The van der Waals surface area contributed by atoms with Crippen LogP contribution in [0, 0.1) is 6.92 Å². The van der Waals surface area contributed by atoms with Crippen LogP contribution < -0.4 is 10.1 Å². The zero-order valence-electron chi connectivity index (χ0n) is 17.9. The number of ether oxygens (including phenoxy) is 2. The molecule has 1 fully saturated rings. The van der Waals surface area contributed by atoms with Crippen molar-refractivity contribution in [1.82, 2.24) is 9.80 Å². The zero-order valence-corrected chi connectivity index (χ0v) is 19.4. The molecule has 0 unspecified atom stereocenters. The number of carbonyl (C=O) groups excluding carboxylic acids is 2. The van der Waals surface area contributed by atoms with E-state index >= 15 is 0 Å². The second-order valence-corrected chi connectivity index (χ2v) is 8.80. The number of aryl methyl sites for hydroxylation is 1. The van der Waals surface area contributed by atoms with Crippen molar-refractivity contribution in [3.63, 3.8) is 0 Å². The topological polar surface area (TPSA) is 71.1 Å². The van der Waals surface area contributed by atoms with Crippen LogP contribution in [-0.2, 0) is 9.53 Å². The molecule has 0 saturated carbocycles. The van der Waals surface area contributed by atoms with Gasteiger partial charge in [0, 0.05) is 37.7 Å². The van der Waals surface area contributed by atoms with Gasteiger partial charge in [0.05, 0.1) is 18.2 Å². The average molecular weight is 466 g/mol. The van der Waals surface area contributed by atoms with E-state index in [0.29, 0.717) is 34.7 Å². The Labute approximate surface area is 191 Å². The summed E-state index contributed by atoms with van der Waals surface area (Å²) in [5, 5.41) is 4.27. The van der Waals surface area contributed by atoms with Crippen molar-refractivity contribution in [2.75, 3.05) is 57.8 Å². The maximum atomic E-state index is 12.4. The molecule has 2 heterocycles. The quantitative estimate of drug-likeness (QED) is 0.571.